The van der Waals surface area contributed by atoms with Crippen LogP contribution in [0.3, 0.4) is 0 Å². The standard InChI is InChI=1S/C7H9F2N3O2S/c1-4-5(15-12-11-4)6(14)10-2-7(8,9)3-13/h13H,2-3H2,1H3,(H,10,14). The SMILES string of the molecule is Cc1nnsc1C(=O)NCC(F)(F)CO. The maximum atomic E-state index is 12.6. The van der Waals surface area contributed by atoms with Crippen LogP contribution in [0.2, 0.25) is 0 Å². The highest BCUT2D eigenvalue weighted by atomic mass is 32.1. The predicted octanol–water partition coefficient (Wildman–Crippen LogP) is 0.204. The Hall–Kier alpha value is -1.15. The smallest absolute Gasteiger partial charge is 0.287 e. The van der Waals surface area contributed by atoms with Crippen molar-refractivity contribution in [3.8, 4) is 0 Å². The van der Waals surface area contributed by atoms with Crippen molar-refractivity contribution in [3.63, 3.8) is 0 Å². The molecule has 0 spiro atoms. The van der Waals surface area contributed by atoms with Gasteiger partial charge in [-0.05, 0) is 18.5 Å². The number of aliphatic hydroxyl groups is 1. The van der Waals surface area contributed by atoms with Gasteiger partial charge < -0.3 is 10.4 Å². The van der Waals surface area contributed by atoms with Gasteiger partial charge in [0.2, 0.25) is 0 Å². The number of carbonyl (C=O) groups is 1. The van der Waals surface area contributed by atoms with Crippen LogP contribution in [0, 0.1) is 6.92 Å². The quantitative estimate of drug-likeness (QED) is 0.784. The first-order valence-electron chi connectivity index (χ1n) is 4.02. The molecule has 0 radical (unpaired) electrons. The van der Waals surface area contributed by atoms with Crippen molar-refractivity contribution >= 4 is 17.4 Å². The van der Waals surface area contributed by atoms with Crippen LogP contribution in [0.15, 0.2) is 0 Å². The normalized spacial score (nSPS) is 11.5. The fraction of sp³-hybridized carbons (Fsp3) is 0.571. The Kier molecular flexibility index (Phi) is 3.64. The second-order valence-corrected chi connectivity index (χ2v) is 3.64. The van der Waals surface area contributed by atoms with E-state index in [1.54, 1.807) is 6.92 Å². The van der Waals surface area contributed by atoms with Gasteiger partial charge in [0.25, 0.3) is 11.8 Å². The zero-order valence-electron chi connectivity index (χ0n) is 7.83. The van der Waals surface area contributed by atoms with E-state index in [1.165, 1.54) is 0 Å². The van der Waals surface area contributed by atoms with Gasteiger partial charge in [0.15, 0.2) is 0 Å². The summed E-state index contributed by atoms with van der Waals surface area (Å²) in [4.78, 5) is 11.5. The third-order valence-electron chi connectivity index (χ3n) is 1.60. The van der Waals surface area contributed by atoms with E-state index in [-0.39, 0.29) is 4.88 Å². The molecule has 15 heavy (non-hydrogen) atoms. The Morgan fingerprint density at radius 3 is 2.80 bits per heavy atom. The van der Waals surface area contributed by atoms with E-state index in [9.17, 15) is 13.6 Å². The van der Waals surface area contributed by atoms with Gasteiger partial charge in [0, 0.05) is 0 Å². The van der Waals surface area contributed by atoms with Crippen LogP contribution in [0.5, 0.6) is 0 Å². The van der Waals surface area contributed by atoms with Crippen molar-refractivity contribution in [3.05, 3.63) is 10.6 Å². The summed E-state index contributed by atoms with van der Waals surface area (Å²) >= 11 is 0.835. The second-order valence-electron chi connectivity index (χ2n) is 2.88. The molecule has 84 valence electrons. The fourth-order valence-corrected chi connectivity index (χ4v) is 1.36. The van der Waals surface area contributed by atoms with Gasteiger partial charge in [-0.2, -0.15) is 0 Å². The molecule has 1 aromatic heterocycles. The number of aliphatic hydroxyl groups excluding tert-OH is 1. The number of rotatable bonds is 4. The molecular formula is C7H9F2N3O2S. The molecule has 0 fully saturated rings. The van der Waals surface area contributed by atoms with Gasteiger partial charge in [-0.15, -0.1) is 5.10 Å². The molecule has 0 unspecified atom stereocenters. The van der Waals surface area contributed by atoms with Gasteiger partial charge in [0.1, 0.15) is 11.5 Å². The lowest BCUT2D eigenvalue weighted by Gasteiger charge is -2.13. The van der Waals surface area contributed by atoms with Gasteiger partial charge in [-0.25, -0.2) is 8.78 Å². The molecule has 1 rings (SSSR count). The van der Waals surface area contributed by atoms with E-state index < -0.39 is 25.0 Å². The molecule has 1 aromatic rings. The minimum Gasteiger partial charge on any atom is -0.390 e. The van der Waals surface area contributed by atoms with Crippen LogP contribution < -0.4 is 5.32 Å². The van der Waals surface area contributed by atoms with E-state index in [1.807, 2.05) is 5.32 Å². The van der Waals surface area contributed by atoms with E-state index in [4.69, 9.17) is 5.11 Å². The topological polar surface area (TPSA) is 75.1 Å². The minimum absolute atomic E-state index is 0.198. The molecule has 0 aliphatic rings. The van der Waals surface area contributed by atoms with Crippen LogP contribution in [0.25, 0.3) is 0 Å². The van der Waals surface area contributed by atoms with E-state index >= 15 is 0 Å². The Labute approximate surface area is 88.3 Å². The molecular weight excluding hydrogens is 228 g/mol. The molecule has 0 aliphatic carbocycles. The number of alkyl halides is 2. The molecule has 0 saturated carbocycles. The second kappa shape index (κ2) is 4.58. The summed E-state index contributed by atoms with van der Waals surface area (Å²) in [6, 6.07) is 0. The van der Waals surface area contributed by atoms with Gasteiger partial charge >= 0.3 is 0 Å². The maximum absolute atomic E-state index is 12.6. The summed E-state index contributed by atoms with van der Waals surface area (Å²) in [5.74, 6) is -3.96. The third kappa shape index (κ3) is 3.17. The lowest BCUT2D eigenvalue weighted by atomic mass is 10.3. The highest BCUT2D eigenvalue weighted by Crippen LogP contribution is 2.12. The Morgan fingerprint density at radius 2 is 2.33 bits per heavy atom. The van der Waals surface area contributed by atoms with Crippen molar-refractivity contribution in [1.82, 2.24) is 14.9 Å². The number of aryl methyl sites for hydroxylation is 1. The molecule has 8 heteroatoms. The summed E-state index contributed by atoms with van der Waals surface area (Å²) in [5, 5.41) is 13.8. The molecule has 0 bridgehead atoms. The first-order chi connectivity index (χ1) is 6.96. The highest BCUT2D eigenvalue weighted by molar-refractivity contribution is 7.07. The molecule has 5 nitrogen and oxygen atoms in total. The van der Waals surface area contributed by atoms with Crippen molar-refractivity contribution in [2.75, 3.05) is 13.2 Å². The maximum Gasteiger partial charge on any atom is 0.287 e. The lowest BCUT2D eigenvalue weighted by Crippen LogP contribution is -2.38. The number of hydrogen-bond donors (Lipinski definition) is 2. The number of amides is 1. The summed E-state index contributed by atoms with van der Waals surface area (Å²) in [7, 11) is 0. The minimum atomic E-state index is -3.30. The van der Waals surface area contributed by atoms with Crippen LogP contribution in [-0.4, -0.2) is 39.7 Å². The van der Waals surface area contributed by atoms with Crippen LogP contribution in [0.1, 0.15) is 15.4 Å². The summed E-state index contributed by atoms with van der Waals surface area (Å²) < 4.78 is 28.6. The van der Waals surface area contributed by atoms with Crippen molar-refractivity contribution in [2.45, 2.75) is 12.8 Å². The van der Waals surface area contributed by atoms with Crippen LogP contribution in [0.4, 0.5) is 8.78 Å². The Balaban J connectivity index is 2.55. The molecule has 1 amide bonds. The molecule has 2 N–H and O–H groups in total. The third-order valence-corrected chi connectivity index (χ3v) is 2.42. The average molecular weight is 237 g/mol. The summed E-state index contributed by atoms with van der Waals surface area (Å²) in [6.07, 6.45) is 0. The highest BCUT2D eigenvalue weighted by Gasteiger charge is 2.28. The molecule has 1 heterocycles. The average Bonchev–Trinajstić information content (AvgIpc) is 2.61. The summed E-state index contributed by atoms with van der Waals surface area (Å²) in [5.41, 5.74) is 0.393. The van der Waals surface area contributed by atoms with Crippen LogP contribution >= 0.6 is 11.5 Å². The molecule has 0 aliphatic heterocycles. The van der Waals surface area contributed by atoms with E-state index in [0.29, 0.717) is 5.69 Å². The summed E-state index contributed by atoms with van der Waals surface area (Å²) in [6.45, 7) is -0.643. The van der Waals surface area contributed by atoms with Crippen molar-refractivity contribution in [1.29, 1.82) is 0 Å². The van der Waals surface area contributed by atoms with Gasteiger partial charge in [-0.3, -0.25) is 4.79 Å². The monoisotopic (exact) mass is 237 g/mol. The Bertz CT molecular complexity index is 356. The van der Waals surface area contributed by atoms with Crippen molar-refractivity contribution < 1.29 is 18.7 Å². The zero-order chi connectivity index (χ0) is 11.5. The van der Waals surface area contributed by atoms with Gasteiger partial charge in [-0.1, -0.05) is 4.49 Å². The predicted molar refractivity (Wildman–Crippen MR) is 49.0 cm³/mol. The zero-order valence-corrected chi connectivity index (χ0v) is 8.64. The number of nitrogens with zero attached hydrogens (tertiary/aromatic N) is 2. The number of carbonyl (C=O) groups excluding carboxylic acids is 1. The number of nitrogens with one attached hydrogen (secondary N) is 1. The Morgan fingerprint density at radius 1 is 1.67 bits per heavy atom. The van der Waals surface area contributed by atoms with Crippen molar-refractivity contribution in [2.24, 2.45) is 0 Å². The van der Waals surface area contributed by atoms with E-state index in [2.05, 4.69) is 9.59 Å². The number of hydrogen-bond acceptors (Lipinski definition) is 5. The lowest BCUT2D eigenvalue weighted by molar-refractivity contribution is -0.0461. The largest absolute Gasteiger partial charge is 0.390 e. The first kappa shape index (κ1) is 11.9. The molecule has 0 atom stereocenters. The van der Waals surface area contributed by atoms with Crippen LogP contribution in [-0.2, 0) is 0 Å². The number of aromatic nitrogens is 2. The molecule has 0 aromatic carbocycles. The first-order valence-corrected chi connectivity index (χ1v) is 4.79. The number of halogens is 2. The van der Waals surface area contributed by atoms with Gasteiger partial charge in [0.05, 0.1) is 12.2 Å². The molecule has 0 saturated heterocycles. The van der Waals surface area contributed by atoms with E-state index in [0.717, 1.165) is 11.5 Å². The fourth-order valence-electron chi connectivity index (χ4n) is 0.785.